The number of hydrogen-bond acceptors (Lipinski definition) is 4. The van der Waals surface area contributed by atoms with Crippen molar-refractivity contribution < 1.29 is 14.3 Å². The van der Waals surface area contributed by atoms with Gasteiger partial charge in [-0.25, -0.2) is 0 Å². The Hall–Kier alpha value is -2.95. The van der Waals surface area contributed by atoms with Crippen molar-refractivity contribution in [2.75, 3.05) is 44.8 Å². The number of methoxy groups -OCH3 is 1. The number of hydrogen-bond donors (Lipinski definition) is 0. The molecule has 5 heteroatoms. The Morgan fingerprint density at radius 2 is 1.86 bits per heavy atom. The van der Waals surface area contributed by atoms with Gasteiger partial charge in [0.2, 0.25) is 0 Å². The summed E-state index contributed by atoms with van der Waals surface area (Å²) in [6.45, 7) is 11.1. The fraction of sp³-hybridized carbons (Fsp3) is 0.375. The van der Waals surface area contributed by atoms with Crippen LogP contribution in [0.25, 0.3) is 0 Å². The summed E-state index contributed by atoms with van der Waals surface area (Å²) >= 11 is 0. The predicted octanol–water partition coefficient (Wildman–Crippen LogP) is 3.77. The van der Waals surface area contributed by atoms with Gasteiger partial charge in [0.1, 0.15) is 0 Å². The van der Waals surface area contributed by atoms with E-state index in [1.54, 1.807) is 7.11 Å². The monoisotopic (exact) mass is 394 g/mol. The molecule has 1 heterocycles. The van der Waals surface area contributed by atoms with Crippen molar-refractivity contribution in [2.24, 2.45) is 0 Å². The van der Waals surface area contributed by atoms with E-state index in [9.17, 15) is 4.79 Å². The van der Waals surface area contributed by atoms with Crippen molar-refractivity contribution in [3.05, 3.63) is 65.7 Å². The van der Waals surface area contributed by atoms with Gasteiger partial charge in [-0.3, -0.25) is 4.79 Å². The maximum atomic E-state index is 12.6. The van der Waals surface area contributed by atoms with Crippen molar-refractivity contribution in [3.63, 3.8) is 0 Å². The Bertz CT molecular complexity index is 870. The lowest BCUT2D eigenvalue weighted by molar-refractivity contribution is -0.133. The summed E-state index contributed by atoms with van der Waals surface area (Å²) < 4.78 is 11.2. The van der Waals surface area contributed by atoms with Crippen LogP contribution < -0.4 is 14.4 Å². The summed E-state index contributed by atoms with van der Waals surface area (Å²) in [6, 6.07) is 12.1. The number of rotatable bonds is 7. The Morgan fingerprint density at radius 1 is 1.10 bits per heavy atom. The molecule has 1 amide bonds. The number of anilines is 1. The normalized spacial score (nSPS) is 13.9. The fourth-order valence-corrected chi connectivity index (χ4v) is 3.63. The van der Waals surface area contributed by atoms with Crippen LogP contribution in [-0.4, -0.2) is 50.7 Å². The highest BCUT2D eigenvalue weighted by Gasteiger charge is 2.23. The van der Waals surface area contributed by atoms with E-state index in [0.717, 1.165) is 25.1 Å². The van der Waals surface area contributed by atoms with Gasteiger partial charge >= 0.3 is 0 Å². The molecule has 29 heavy (non-hydrogen) atoms. The highest BCUT2D eigenvalue weighted by atomic mass is 16.5. The molecule has 0 spiro atoms. The summed E-state index contributed by atoms with van der Waals surface area (Å²) in [5.41, 5.74) is 4.96. The standard InChI is InChI=1S/C24H30N2O3/c1-5-7-20-10-11-22(23(16-20)28-4)29-17-24(27)26-14-12-25(13-15-26)21-9-6-8-18(2)19(21)3/h5-6,8-11,16H,1,7,12-15,17H2,2-4H3. The average molecular weight is 395 g/mol. The first kappa shape index (κ1) is 20.8. The molecule has 0 N–H and O–H groups in total. The van der Waals surface area contributed by atoms with E-state index in [2.05, 4.69) is 43.5 Å². The molecular weight excluding hydrogens is 364 g/mol. The smallest absolute Gasteiger partial charge is 0.260 e. The van der Waals surface area contributed by atoms with Crippen LogP contribution in [0.15, 0.2) is 49.1 Å². The van der Waals surface area contributed by atoms with Crippen molar-refractivity contribution in [3.8, 4) is 11.5 Å². The highest BCUT2D eigenvalue weighted by molar-refractivity contribution is 5.78. The number of allylic oxidation sites excluding steroid dienone is 1. The molecule has 2 aromatic carbocycles. The number of carbonyl (C=O) groups excluding carboxylic acids is 1. The van der Waals surface area contributed by atoms with Crippen LogP contribution >= 0.6 is 0 Å². The topological polar surface area (TPSA) is 42.0 Å². The third kappa shape index (κ3) is 4.91. The first-order valence-corrected chi connectivity index (χ1v) is 10.0. The second-order valence-corrected chi connectivity index (χ2v) is 7.35. The van der Waals surface area contributed by atoms with Crippen molar-refractivity contribution >= 4 is 11.6 Å². The van der Waals surface area contributed by atoms with Gasteiger partial charge in [0, 0.05) is 31.9 Å². The largest absolute Gasteiger partial charge is 0.493 e. The van der Waals surface area contributed by atoms with E-state index in [-0.39, 0.29) is 12.5 Å². The number of carbonyl (C=O) groups is 1. The quantitative estimate of drug-likeness (QED) is 0.671. The molecule has 3 rings (SSSR count). The molecule has 0 bridgehead atoms. The summed E-state index contributed by atoms with van der Waals surface area (Å²) in [7, 11) is 1.61. The number of nitrogens with zero attached hydrogens (tertiary/aromatic N) is 2. The van der Waals surface area contributed by atoms with Gasteiger partial charge in [0.05, 0.1) is 7.11 Å². The molecule has 0 unspecified atom stereocenters. The molecule has 1 aliphatic heterocycles. The number of amides is 1. The summed E-state index contributed by atoms with van der Waals surface area (Å²) in [5.74, 6) is 1.22. The molecule has 0 atom stereocenters. The van der Waals surface area contributed by atoms with Crippen molar-refractivity contribution in [1.29, 1.82) is 0 Å². The fourth-order valence-electron chi connectivity index (χ4n) is 3.63. The number of aryl methyl sites for hydroxylation is 1. The minimum absolute atomic E-state index is 0.00263. The molecule has 2 aromatic rings. The van der Waals surface area contributed by atoms with Crippen LogP contribution in [0, 0.1) is 13.8 Å². The number of ether oxygens (including phenoxy) is 2. The second kappa shape index (κ2) is 9.50. The van der Waals surface area contributed by atoms with E-state index in [0.29, 0.717) is 24.6 Å². The van der Waals surface area contributed by atoms with Gasteiger partial charge in [0.15, 0.2) is 18.1 Å². The summed E-state index contributed by atoms with van der Waals surface area (Å²) in [4.78, 5) is 16.9. The Labute approximate surface area is 173 Å². The number of benzene rings is 2. The lowest BCUT2D eigenvalue weighted by Gasteiger charge is -2.37. The third-order valence-corrected chi connectivity index (χ3v) is 5.51. The van der Waals surface area contributed by atoms with Gasteiger partial charge in [-0.1, -0.05) is 24.3 Å². The molecule has 1 aliphatic rings. The van der Waals surface area contributed by atoms with E-state index >= 15 is 0 Å². The van der Waals surface area contributed by atoms with Crippen LogP contribution in [0.5, 0.6) is 11.5 Å². The summed E-state index contributed by atoms with van der Waals surface area (Å²) in [5, 5.41) is 0. The van der Waals surface area contributed by atoms with Gasteiger partial charge in [-0.05, 0) is 55.2 Å². The zero-order valence-corrected chi connectivity index (χ0v) is 17.6. The van der Waals surface area contributed by atoms with E-state index in [1.165, 1.54) is 16.8 Å². The molecule has 0 aliphatic carbocycles. The Morgan fingerprint density at radius 3 is 2.55 bits per heavy atom. The molecular formula is C24H30N2O3. The van der Waals surface area contributed by atoms with Crippen molar-refractivity contribution in [2.45, 2.75) is 20.3 Å². The minimum atomic E-state index is 0.00263. The van der Waals surface area contributed by atoms with Crippen LogP contribution in [-0.2, 0) is 11.2 Å². The molecule has 1 fully saturated rings. The van der Waals surface area contributed by atoms with Crippen LogP contribution in [0.3, 0.4) is 0 Å². The maximum absolute atomic E-state index is 12.6. The van der Waals surface area contributed by atoms with E-state index in [4.69, 9.17) is 9.47 Å². The Balaban J connectivity index is 1.55. The highest BCUT2D eigenvalue weighted by Crippen LogP contribution is 2.28. The van der Waals surface area contributed by atoms with Gasteiger partial charge < -0.3 is 19.3 Å². The van der Waals surface area contributed by atoms with Gasteiger partial charge in [-0.15, -0.1) is 6.58 Å². The third-order valence-electron chi connectivity index (χ3n) is 5.51. The van der Waals surface area contributed by atoms with Crippen LogP contribution in [0.4, 0.5) is 5.69 Å². The zero-order chi connectivity index (χ0) is 20.8. The Kier molecular flexibility index (Phi) is 6.81. The van der Waals surface area contributed by atoms with Gasteiger partial charge in [0.25, 0.3) is 5.91 Å². The SMILES string of the molecule is C=CCc1ccc(OCC(=O)N2CCN(c3cccc(C)c3C)CC2)c(OC)c1. The predicted molar refractivity (Wildman–Crippen MR) is 117 cm³/mol. The second-order valence-electron chi connectivity index (χ2n) is 7.35. The first-order chi connectivity index (χ1) is 14.0. The van der Waals surface area contributed by atoms with E-state index in [1.807, 2.05) is 29.2 Å². The number of piperazine rings is 1. The maximum Gasteiger partial charge on any atom is 0.260 e. The van der Waals surface area contributed by atoms with Gasteiger partial charge in [-0.2, -0.15) is 0 Å². The molecule has 5 nitrogen and oxygen atoms in total. The average Bonchev–Trinajstić information content (AvgIpc) is 2.74. The van der Waals surface area contributed by atoms with Crippen LogP contribution in [0.1, 0.15) is 16.7 Å². The minimum Gasteiger partial charge on any atom is -0.493 e. The zero-order valence-electron chi connectivity index (χ0n) is 17.6. The van der Waals surface area contributed by atoms with Crippen molar-refractivity contribution in [1.82, 2.24) is 4.90 Å². The molecule has 1 saturated heterocycles. The lowest BCUT2D eigenvalue weighted by atomic mass is 10.1. The van der Waals surface area contributed by atoms with E-state index < -0.39 is 0 Å². The van der Waals surface area contributed by atoms with Crippen LogP contribution in [0.2, 0.25) is 0 Å². The lowest BCUT2D eigenvalue weighted by Crippen LogP contribution is -2.50. The molecule has 0 aromatic heterocycles. The molecule has 0 radical (unpaired) electrons. The molecule has 154 valence electrons. The molecule has 0 saturated carbocycles. The first-order valence-electron chi connectivity index (χ1n) is 10.0. The summed E-state index contributed by atoms with van der Waals surface area (Å²) in [6.07, 6.45) is 2.61.